The lowest BCUT2D eigenvalue weighted by atomic mass is 9.73. The predicted molar refractivity (Wildman–Crippen MR) is 114 cm³/mol. The van der Waals surface area contributed by atoms with Crippen LogP contribution in [-0.4, -0.2) is 20.9 Å². The number of aryl methyl sites for hydroxylation is 1. The van der Waals surface area contributed by atoms with Crippen molar-refractivity contribution in [3.05, 3.63) is 46.2 Å². The van der Waals surface area contributed by atoms with E-state index in [1.54, 1.807) is 43.4 Å². The molecule has 0 aliphatic heterocycles. The average molecular weight is 421 g/mol. The van der Waals surface area contributed by atoms with E-state index in [4.69, 9.17) is 0 Å². The molecule has 1 aromatic carbocycles. The molecule has 0 bridgehead atoms. The first-order valence-corrected chi connectivity index (χ1v) is 12.2. The minimum absolute atomic E-state index is 0.0941. The third kappa shape index (κ3) is 4.64. The van der Waals surface area contributed by atoms with Gasteiger partial charge in [-0.05, 0) is 55.0 Å². The SMILES string of the molecule is CCC(=O)Nc1ccc(S(=O)(=O)NCC2(c3cccs3)CCCCC2)c(C)c1. The van der Waals surface area contributed by atoms with Gasteiger partial charge in [-0.15, -0.1) is 11.3 Å². The fourth-order valence-corrected chi connectivity index (χ4v) is 6.25. The molecule has 0 radical (unpaired) electrons. The van der Waals surface area contributed by atoms with Crippen LogP contribution in [0.15, 0.2) is 40.6 Å². The summed E-state index contributed by atoms with van der Waals surface area (Å²) in [6.45, 7) is 3.95. The lowest BCUT2D eigenvalue weighted by Crippen LogP contribution is -2.41. The molecule has 1 saturated carbocycles. The lowest BCUT2D eigenvalue weighted by Gasteiger charge is -2.36. The van der Waals surface area contributed by atoms with Crippen LogP contribution in [0.1, 0.15) is 55.9 Å². The third-order valence-electron chi connectivity index (χ3n) is 5.52. The smallest absolute Gasteiger partial charge is 0.240 e. The largest absolute Gasteiger partial charge is 0.326 e. The summed E-state index contributed by atoms with van der Waals surface area (Å²) in [5.74, 6) is -0.0941. The molecule has 1 heterocycles. The highest BCUT2D eigenvalue weighted by Crippen LogP contribution is 2.41. The molecule has 0 atom stereocenters. The maximum atomic E-state index is 13.0. The van der Waals surface area contributed by atoms with Crippen molar-refractivity contribution in [3.63, 3.8) is 0 Å². The third-order valence-corrected chi connectivity index (χ3v) is 8.20. The van der Waals surface area contributed by atoms with Crippen molar-refractivity contribution < 1.29 is 13.2 Å². The summed E-state index contributed by atoms with van der Waals surface area (Å²) < 4.78 is 28.9. The van der Waals surface area contributed by atoms with Crippen LogP contribution in [0.3, 0.4) is 0 Å². The molecule has 28 heavy (non-hydrogen) atoms. The number of amides is 1. The Morgan fingerprint density at radius 2 is 1.93 bits per heavy atom. The molecule has 3 rings (SSSR count). The summed E-state index contributed by atoms with van der Waals surface area (Å²) in [6, 6.07) is 9.09. The van der Waals surface area contributed by atoms with Gasteiger partial charge in [0, 0.05) is 28.9 Å². The Balaban J connectivity index is 1.78. The van der Waals surface area contributed by atoms with Gasteiger partial charge in [0.2, 0.25) is 15.9 Å². The van der Waals surface area contributed by atoms with Crippen molar-refractivity contribution in [2.24, 2.45) is 0 Å². The molecule has 1 fully saturated rings. The fourth-order valence-electron chi connectivity index (χ4n) is 3.91. The second-order valence-corrected chi connectivity index (χ2v) is 10.2. The number of benzene rings is 1. The zero-order chi connectivity index (χ0) is 20.2. The van der Waals surface area contributed by atoms with Gasteiger partial charge in [0.1, 0.15) is 0 Å². The molecule has 1 aliphatic rings. The van der Waals surface area contributed by atoms with Gasteiger partial charge in [-0.2, -0.15) is 0 Å². The molecule has 0 unspecified atom stereocenters. The minimum Gasteiger partial charge on any atom is -0.326 e. The number of sulfonamides is 1. The highest BCUT2D eigenvalue weighted by molar-refractivity contribution is 7.89. The van der Waals surface area contributed by atoms with E-state index < -0.39 is 10.0 Å². The van der Waals surface area contributed by atoms with Crippen LogP contribution in [0.4, 0.5) is 5.69 Å². The lowest BCUT2D eigenvalue weighted by molar-refractivity contribution is -0.115. The molecule has 1 amide bonds. The normalized spacial score (nSPS) is 16.6. The van der Waals surface area contributed by atoms with E-state index in [1.165, 1.54) is 11.3 Å². The van der Waals surface area contributed by atoms with Gasteiger partial charge in [-0.1, -0.05) is 32.3 Å². The van der Waals surface area contributed by atoms with Crippen LogP contribution in [0.25, 0.3) is 0 Å². The van der Waals surface area contributed by atoms with Gasteiger partial charge in [0.25, 0.3) is 0 Å². The standard InChI is InChI=1S/C21H28N2O3S2/c1-3-20(24)23-17-9-10-18(16(2)14-17)28(25,26)22-15-21(11-5-4-6-12-21)19-8-7-13-27-19/h7-10,13-14,22H,3-6,11-12,15H2,1-2H3,(H,23,24). The van der Waals surface area contributed by atoms with Gasteiger partial charge in [-0.3, -0.25) is 4.79 Å². The highest BCUT2D eigenvalue weighted by Gasteiger charge is 2.36. The van der Waals surface area contributed by atoms with E-state index in [2.05, 4.69) is 21.5 Å². The first-order valence-electron chi connectivity index (χ1n) is 9.80. The van der Waals surface area contributed by atoms with E-state index in [1.807, 2.05) is 6.07 Å². The number of carbonyl (C=O) groups is 1. The second kappa shape index (κ2) is 8.76. The zero-order valence-corrected chi connectivity index (χ0v) is 18.1. The second-order valence-electron chi connectivity index (χ2n) is 7.52. The molecule has 1 aromatic heterocycles. The molecule has 5 nitrogen and oxygen atoms in total. The molecule has 7 heteroatoms. The van der Waals surface area contributed by atoms with Gasteiger partial charge >= 0.3 is 0 Å². The Hall–Kier alpha value is -1.70. The first-order chi connectivity index (χ1) is 13.4. The number of hydrogen-bond acceptors (Lipinski definition) is 4. The van der Waals surface area contributed by atoms with Crippen LogP contribution in [0.5, 0.6) is 0 Å². The Labute approximate surface area is 171 Å². The van der Waals surface area contributed by atoms with E-state index in [9.17, 15) is 13.2 Å². The van der Waals surface area contributed by atoms with Crippen LogP contribution >= 0.6 is 11.3 Å². The number of thiophene rings is 1. The minimum atomic E-state index is -3.63. The number of nitrogens with one attached hydrogen (secondary N) is 2. The Morgan fingerprint density at radius 1 is 1.18 bits per heavy atom. The number of rotatable bonds is 7. The summed E-state index contributed by atoms with van der Waals surface area (Å²) in [5.41, 5.74) is 1.13. The van der Waals surface area contributed by atoms with Crippen molar-refractivity contribution in [1.82, 2.24) is 4.72 Å². The van der Waals surface area contributed by atoms with Gasteiger partial charge < -0.3 is 5.32 Å². The molecular formula is C21H28N2O3S2. The van der Waals surface area contributed by atoms with E-state index >= 15 is 0 Å². The number of anilines is 1. The zero-order valence-electron chi connectivity index (χ0n) is 16.5. The fraction of sp³-hybridized carbons (Fsp3) is 0.476. The Kier molecular flexibility index (Phi) is 6.58. The van der Waals surface area contributed by atoms with Crippen molar-refractivity contribution in [3.8, 4) is 0 Å². The van der Waals surface area contributed by atoms with Crippen LogP contribution in [-0.2, 0) is 20.2 Å². The van der Waals surface area contributed by atoms with Crippen LogP contribution in [0.2, 0.25) is 0 Å². The Bertz CT molecular complexity index is 915. The summed E-state index contributed by atoms with van der Waals surface area (Å²) in [7, 11) is -3.63. The van der Waals surface area contributed by atoms with E-state index in [0.29, 0.717) is 24.2 Å². The van der Waals surface area contributed by atoms with Crippen molar-refractivity contribution in [1.29, 1.82) is 0 Å². The summed E-state index contributed by atoms with van der Waals surface area (Å²) in [5, 5.41) is 4.83. The van der Waals surface area contributed by atoms with Crippen LogP contribution < -0.4 is 10.0 Å². The molecule has 2 N–H and O–H groups in total. The summed E-state index contributed by atoms with van der Waals surface area (Å²) in [4.78, 5) is 13.1. The van der Waals surface area contributed by atoms with Crippen molar-refractivity contribution >= 4 is 33.0 Å². The quantitative estimate of drug-likeness (QED) is 0.688. The van der Waals surface area contributed by atoms with Crippen molar-refractivity contribution in [2.45, 2.75) is 62.7 Å². The maximum Gasteiger partial charge on any atom is 0.240 e. The van der Waals surface area contributed by atoms with Gasteiger partial charge in [0.15, 0.2) is 0 Å². The monoisotopic (exact) mass is 420 g/mol. The van der Waals surface area contributed by atoms with Gasteiger partial charge in [-0.25, -0.2) is 13.1 Å². The number of carbonyl (C=O) groups excluding carboxylic acids is 1. The molecule has 0 spiro atoms. The average Bonchev–Trinajstić information content (AvgIpc) is 3.22. The van der Waals surface area contributed by atoms with E-state index in [-0.39, 0.29) is 16.2 Å². The molecule has 0 saturated heterocycles. The number of hydrogen-bond donors (Lipinski definition) is 2. The summed E-state index contributed by atoms with van der Waals surface area (Å²) in [6.07, 6.45) is 5.87. The van der Waals surface area contributed by atoms with E-state index in [0.717, 1.165) is 25.7 Å². The van der Waals surface area contributed by atoms with Crippen LogP contribution in [0, 0.1) is 6.92 Å². The summed E-state index contributed by atoms with van der Waals surface area (Å²) >= 11 is 1.71. The molecule has 152 valence electrons. The molecule has 2 aromatic rings. The maximum absolute atomic E-state index is 13.0. The highest BCUT2D eigenvalue weighted by atomic mass is 32.2. The van der Waals surface area contributed by atoms with Crippen molar-refractivity contribution in [2.75, 3.05) is 11.9 Å². The first kappa shape index (κ1) is 21.0. The Morgan fingerprint density at radius 3 is 2.54 bits per heavy atom. The van der Waals surface area contributed by atoms with Gasteiger partial charge in [0.05, 0.1) is 4.90 Å². The predicted octanol–water partition coefficient (Wildman–Crippen LogP) is 4.59. The molecule has 1 aliphatic carbocycles. The topological polar surface area (TPSA) is 75.3 Å². The molecular weight excluding hydrogens is 392 g/mol.